The molecule has 4 aliphatic carbocycles. The lowest BCUT2D eigenvalue weighted by atomic mass is 9.47. The van der Waals surface area contributed by atoms with Crippen LogP contribution in [0.3, 0.4) is 0 Å². The van der Waals surface area contributed by atoms with Crippen LogP contribution in [0.5, 0.6) is 0 Å². The van der Waals surface area contributed by atoms with Gasteiger partial charge >= 0.3 is 0 Å². The second kappa shape index (κ2) is 8.07. The lowest BCUT2D eigenvalue weighted by molar-refractivity contribution is -0.238. The maximum Gasteiger partial charge on any atom is 0.171 e. The van der Waals surface area contributed by atoms with Gasteiger partial charge in [0.2, 0.25) is 0 Å². The molecule has 0 spiro atoms. The molecule has 4 fully saturated rings. The molecule has 11 atom stereocenters. The number of rotatable bonds is 5. The molecule has 1 heterocycles. The van der Waals surface area contributed by atoms with Crippen molar-refractivity contribution in [3.05, 3.63) is 11.6 Å². The standard InChI is InChI=1S/C28H46O4/c1-17(16-29)8-13-28(31-5)18(2)25-24(32-28)15-23-21-7-6-19-14-20(30)9-11-26(19,3)22(21)10-12-27(23,25)4/h6,17-18,20-25,29-30H,7-16H2,1-5H3/t17-,18-,20-,21-,22+,23-,24+,25+,26-,27+,28+/m0/s1. The van der Waals surface area contributed by atoms with Gasteiger partial charge in [0.05, 0.1) is 12.2 Å². The molecule has 3 saturated carbocycles. The van der Waals surface area contributed by atoms with Gasteiger partial charge in [0.1, 0.15) is 0 Å². The van der Waals surface area contributed by atoms with Crippen molar-refractivity contribution in [2.24, 2.45) is 46.3 Å². The van der Waals surface area contributed by atoms with Crippen LogP contribution in [0.4, 0.5) is 0 Å². The summed E-state index contributed by atoms with van der Waals surface area (Å²) in [4.78, 5) is 0. The monoisotopic (exact) mass is 446 g/mol. The lowest BCUT2D eigenvalue weighted by Crippen LogP contribution is -2.52. The summed E-state index contributed by atoms with van der Waals surface area (Å²) in [5, 5.41) is 19.8. The predicted molar refractivity (Wildman–Crippen MR) is 126 cm³/mol. The van der Waals surface area contributed by atoms with E-state index in [1.54, 1.807) is 5.57 Å². The number of methoxy groups -OCH3 is 1. The van der Waals surface area contributed by atoms with Crippen LogP contribution in [0.1, 0.15) is 85.5 Å². The maximum atomic E-state index is 10.3. The number of hydrogen-bond donors (Lipinski definition) is 2. The van der Waals surface area contributed by atoms with E-state index in [1.807, 2.05) is 7.11 Å². The van der Waals surface area contributed by atoms with Gasteiger partial charge < -0.3 is 19.7 Å². The third kappa shape index (κ3) is 3.22. The average Bonchev–Trinajstić information content (AvgIpc) is 3.23. The highest BCUT2D eigenvalue weighted by atomic mass is 16.7. The fourth-order valence-corrected chi connectivity index (χ4v) is 9.48. The smallest absolute Gasteiger partial charge is 0.171 e. The molecule has 1 saturated heterocycles. The molecular weight excluding hydrogens is 400 g/mol. The summed E-state index contributed by atoms with van der Waals surface area (Å²) in [5.41, 5.74) is 2.18. The molecular formula is C28H46O4. The zero-order chi connectivity index (χ0) is 22.9. The minimum absolute atomic E-state index is 0.129. The van der Waals surface area contributed by atoms with Crippen LogP contribution in [-0.4, -0.2) is 41.9 Å². The normalized spacial score (nSPS) is 53.1. The molecule has 1 aliphatic heterocycles. The predicted octanol–water partition coefficient (Wildman–Crippen LogP) is 5.32. The van der Waals surface area contributed by atoms with E-state index in [0.717, 1.165) is 49.9 Å². The van der Waals surface area contributed by atoms with E-state index < -0.39 is 5.79 Å². The number of allylic oxidation sites excluding steroid dienone is 1. The number of fused-ring (bicyclic) bond motifs is 7. The first-order chi connectivity index (χ1) is 15.2. The van der Waals surface area contributed by atoms with Gasteiger partial charge in [-0.3, -0.25) is 0 Å². The molecule has 0 aromatic heterocycles. The van der Waals surface area contributed by atoms with E-state index in [2.05, 4.69) is 33.8 Å². The van der Waals surface area contributed by atoms with Crippen molar-refractivity contribution in [1.82, 2.24) is 0 Å². The molecule has 0 aromatic rings. The topological polar surface area (TPSA) is 58.9 Å². The van der Waals surface area contributed by atoms with Gasteiger partial charge in [-0.2, -0.15) is 0 Å². The average molecular weight is 447 g/mol. The minimum Gasteiger partial charge on any atom is -0.396 e. The van der Waals surface area contributed by atoms with Gasteiger partial charge in [0.25, 0.3) is 0 Å². The van der Waals surface area contributed by atoms with Crippen LogP contribution in [0, 0.1) is 46.3 Å². The molecule has 5 aliphatic rings. The zero-order valence-corrected chi connectivity index (χ0v) is 21.0. The van der Waals surface area contributed by atoms with Crippen molar-refractivity contribution in [2.45, 2.75) is 103 Å². The summed E-state index contributed by atoms with van der Waals surface area (Å²) in [5.74, 6) is 2.98. The van der Waals surface area contributed by atoms with Crippen molar-refractivity contribution >= 4 is 0 Å². The highest BCUT2D eigenvalue weighted by molar-refractivity contribution is 5.26. The Morgan fingerprint density at radius 2 is 2.00 bits per heavy atom. The third-order valence-electron chi connectivity index (χ3n) is 11.4. The molecule has 4 nitrogen and oxygen atoms in total. The van der Waals surface area contributed by atoms with Gasteiger partial charge in [-0.15, -0.1) is 0 Å². The summed E-state index contributed by atoms with van der Waals surface area (Å²) in [6.07, 6.45) is 12.5. The van der Waals surface area contributed by atoms with Crippen LogP contribution in [0.15, 0.2) is 11.6 Å². The van der Waals surface area contributed by atoms with E-state index in [1.165, 1.54) is 25.7 Å². The lowest BCUT2D eigenvalue weighted by Gasteiger charge is -2.58. The van der Waals surface area contributed by atoms with Crippen LogP contribution in [0.2, 0.25) is 0 Å². The first kappa shape index (κ1) is 23.3. The first-order valence-corrected chi connectivity index (χ1v) is 13.4. The van der Waals surface area contributed by atoms with Crippen molar-refractivity contribution in [1.29, 1.82) is 0 Å². The Balaban J connectivity index is 1.39. The fourth-order valence-electron chi connectivity index (χ4n) is 9.48. The highest BCUT2D eigenvalue weighted by Crippen LogP contribution is 2.70. The maximum absolute atomic E-state index is 10.3. The summed E-state index contributed by atoms with van der Waals surface area (Å²) in [6.45, 7) is 9.80. The van der Waals surface area contributed by atoms with E-state index in [0.29, 0.717) is 28.8 Å². The molecule has 0 unspecified atom stereocenters. The molecule has 182 valence electrons. The molecule has 0 radical (unpaired) electrons. The van der Waals surface area contributed by atoms with Crippen molar-refractivity contribution < 1.29 is 19.7 Å². The van der Waals surface area contributed by atoms with Crippen molar-refractivity contribution in [2.75, 3.05) is 13.7 Å². The van der Waals surface area contributed by atoms with Crippen LogP contribution in [-0.2, 0) is 9.47 Å². The summed E-state index contributed by atoms with van der Waals surface area (Å²) >= 11 is 0. The van der Waals surface area contributed by atoms with Gasteiger partial charge in [0.15, 0.2) is 5.79 Å². The summed E-state index contributed by atoms with van der Waals surface area (Å²) < 4.78 is 13.0. The molecule has 0 bridgehead atoms. The Morgan fingerprint density at radius 3 is 2.72 bits per heavy atom. The van der Waals surface area contributed by atoms with E-state index in [9.17, 15) is 10.2 Å². The molecule has 0 amide bonds. The Bertz CT molecular complexity index is 750. The summed E-state index contributed by atoms with van der Waals surface area (Å²) in [6, 6.07) is 0. The molecule has 0 aromatic carbocycles. The molecule has 4 heteroatoms. The van der Waals surface area contributed by atoms with Crippen molar-refractivity contribution in [3.63, 3.8) is 0 Å². The zero-order valence-electron chi connectivity index (χ0n) is 21.0. The van der Waals surface area contributed by atoms with Crippen LogP contribution >= 0.6 is 0 Å². The van der Waals surface area contributed by atoms with E-state index >= 15 is 0 Å². The van der Waals surface area contributed by atoms with E-state index in [-0.39, 0.29) is 18.6 Å². The third-order valence-corrected chi connectivity index (χ3v) is 11.4. The Morgan fingerprint density at radius 1 is 1.22 bits per heavy atom. The quantitative estimate of drug-likeness (QED) is 0.561. The Kier molecular flexibility index (Phi) is 5.88. The Labute approximate surface area is 195 Å². The van der Waals surface area contributed by atoms with Crippen LogP contribution < -0.4 is 0 Å². The number of aliphatic hydroxyl groups excluding tert-OH is 2. The molecule has 2 N–H and O–H groups in total. The van der Waals surface area contributed by atoms with Gasteiger partial charge in [-0.05, 0) is 91.8 Å². The van der Waals surface area contributed by atoms with Crippen molar-refractivity contribution in [3.8, 4) is 0 Å². The first-order valence-electron chi connectivity index (χ1n) is 13.4. The SMILES string of the molecule is CO[C@]1(CC[C@H](C)CO)O[C@@H]2C[C@H]3[C@H]4CC=C5C[C@@H](O)CC[C@]5(C)[C@@H]4CC[C@@]3(C)[C@@H]2[C@@H]1C. The molecule has 32 heavy (non-hydrogen) atoms. The van der Waals surface area contributed by atoms with E-state index in [4.69, 9.17) is 9.47 Å². The number of hydrogen-bond acceptors (Lipinski definition) is 4. The van der Waals surface area contributed by atoms with Gasteiger partial charge in [0, 0.05) is 26.1 Å². The minimum atomic E-state index is -0.491. The van der Waals surface area contributed by atoms with Gasteiger partial charge in [-0.25, -0.2) is 0 Å². The fraction of sp³-hybridized carbons (Fsp3) is 0.929. The highest BCUT2D eigenvalue weighted by Gasteiger charge is 2.68. The largest absolute Gasteiger partial charge is 0.396 e. The second-order valence-electron chi connectivity index (χ2n) is 12.7. The number of ether oxygens (including phenoxy) is 2. The van der Waals surface area contributed by atoms with Crippen LogP contribution in [0.25, 0.3) is 0 Å². The second-order valence-corrected chi connectivity index (χ2v) is 12.7. The molecule has 5 rings (SSSR count). The summed E-state index contributed by atoms with van der Waals surface area (Å²) in [7, 11) is 1.82. The van der Waals surface area contributed by atoms with Gasteiger partial charge in [-0.1, -0.05) is 39.3 Å². The number of aliphatic hydroxyl groups is 2. The Hall–Kier alpha value is -0.420.